The second kappa shape index (κ2) is 9.06. The minimum Gasteiger partial charge on any atom is -0.352 e. The highest BCUT2D eigenvalue weighted by Crippen LogP contribution is 2.26. The van der Waals surface area contributed by atoms with Crippen LogP contribution in [0.4, 0.5) is 0 Å². The van der Waals surface area contributed by atoms with Gasteiger partial charge in [0, 0.05) is 39.1 Å². The van der Waals surface area contributed by atoms with Gasteiger partial charge in [-0.15, -0.1) is 0 Å². The Morgan fingerprint density at radius 2 is 1.96 bits per heavy atom. The molecule has 5 heteroatoms. The highest BCUT2D eigenvalue weighted by atomic mass is 16.2. The van der Waals surface area contributed by atoms with Gasteiger partial charge in [0.25, 0.3) is 0 Å². The van der Waals surface area contributed by atoms with Gasteiger partial charge < -0.3 is 15.5 Å². The van der Waals surface area contributed by atoms with Gasteiger partial charge in [-0.2, -0.15) is 0 Å². The van der Waals surface area contributed by atoms with Gasteiger partial charge in [-0.05, 0) is 29.4 Å². The third-order valence-corrected chi connectivity index (χ3v) is 5.49. The number of carbonyl (C=O) groups is 1. The number of carbonyl (C=O) groups excluding carboxylic acids is 1. The van der Waals surface area contributed by atoms with Crippen LogP contribution in [0.2, 0.25) is 0 Å². The fourth-order valence-corrected chi connectivity index (χ4v) is 3.18. The largest absolute Gasteiger partial charge is 0.352 e. The number of likely N-dealkylation sites (tertiary alicyclic amines) is 1. The Morgan fingerprint density at radius 1 is 1.27 bits per heavy atom. The SMILES string of the molecule is CCC(=O)N1CCC(NC(=NC)NCc2ccc(C(C)(C)CC)cc2)C1. The quantitative estimate of drug-likeness (QED) is 0.607. The predicted octanol–water partition coefficient (Wildman–Crippen LogP) is 3.05. The predicted molar refractivity (Wildman–Crippen MR) is 108 cm³/mol. The van der Waals surface area contributed by atoms with Gasteiger partial charge in [-0.3, -0.25) is 9.79 Å². The molecule has 1 heterocycles. The molecule has 144 valence electrons. The summed E-state index contributed by atoms with van der Waals surface area (Å²) in [7, 11) is 1.78. The zero-order chi connectivity index (χ0) is 19.2. The minimum absolute atomic E-state index is 0.216. The Hall–Kier alpha value is -2.04. The highest BCUT2D eigenvalue weighted by molar-refractivity contribution is 5.80. The molecule has 5 nitrogen and oxygen atoms in total. The standard InChI is InChI=1S/C21H34N4O/c1-6-19(26)25-13-12-18(15-25)24-20(22-5)23-14-16-8-10-17(11-9-16)21(3,4)7-2/h8-11,18H,6-7,12-15H2,1-5H3,(H2,22,23,24). The van der Waals surface area contributed by atoms with E-state index in [0.717, 1.165) is 38.4 Å². The van der Waals surface area contributed by atoms with Gasteiger partial charge in [0.15, 0.2) is 5.96 Å². The second-order valence-electron chi connectivity index (χ2n) is 7.68. The summed E-state index contributed by atoms with van der Waals surface area (Å²) in [5.41, 5.74) is 2.82. The van der Waals surface area contributed by atoms with Crippen LogP contribution in [0.25, 0.3) is 0 Å². The zero-order valence-corrected chi connectivity index (χ0v) is 16.9. The molecule has 26 heavy (non-hydrogen) atoms. The Labute approximate surface area is 158 Å². The third kappa shape index (κ3) is 5.23. The summed E-state index contributed by atoms with van der Waals surface area (Å²) in [6.45, 7) is 11.0. The molecule has 1 fully saturated rings. The Morgan fingerprint density at radius 3 is 2.54 bits per heavy atom. The molecule has 1 aliphatic heterocycles. The van der Waals surface area contributed by atoms with Crippen molar-refractivity contribution in [1.82, 2.24) is 15.5 Å². The first-order valence-electron chi connectivity index (χ1n) is 9.74. The molecule has 1 unspecified atom stereocenters. The van der Waals surface area contributed by atoms with E-state index < -0.39 is 0 Å². The van der Waals surface area contributed by atoms with Gasteiger partial charge in [0.1, 0.15) is 0 Å². The molecule has 2 rings (SSSR count). The molecule has 2 N–H and O–H groups in total. The monoisotopic (exact) mass is 358 g/mol. The van der Waals surface area contributed by atoms with Crippen LogP contribution in [0.5, 0.6) is 0 Å². The van der Waals surface area contributed by atoms with Crippen LogP contribution < -0.4 is 10.6 Å². The molecular formula is C21H34N4O. The molecule has 0 aliphatic carbocycles. The lowest BCUT2D eigenvalue weighted by Gasteiger charge is -2.23. The first kappa shape index (κ1) is 20.3. The number of guanidine groups is 1. The van der Waals surface area contributed by atoms with Crippen LogP contribution in [-0.2, 0) is 16.8 Å². The first-order chi connectivity index (χ1) is 12.4. The van der Waals surface area contributed by atoms with E-state index in [0.29, 0.717) is 6.42 Å². The number of hydrogen-bond acceptors (Lipinski definition) is 2. The normalized spacial score (nSPS) is 18.1. The summed E-state index contributed by atoms with van der Waals surface area (Å²) in [5, 5.41) is 6.81. The molecule has 1 atom stereocenters. The maximum Gasteiger partial charge on any atom is 0.222 e. The Bertz CT molecular complexity index is 621. The summed E-state index contributed by atoms with van der Waals surface area (Å²) < 4.78 is 0. The second-order valence-corrected chi connectivity index (χ2v) is 7.68. The van der Waals surface area contributed by atoms with E-state index in [1.807, 2.05) is 11.8 Å². The van der Waals surface area contributed by atoms with Crippen LogP contribution in [0, 0.1) is 0 Å². The van der Waals surface area contributed by atoms with Crippen LogP contribution >= 0.6 is 0 Å². The summed E-state index contributed by atoms with van der Waals surface area (Å²) in [6.07, 6.45) is 2.66. The van der Waals surface area contributed by atoms with Crippen LogP contribution in [-0.4, -0.2) is 42.9 Å². The van der Waals surface area contributed by atoms with E-state index in [1.54, 1.807) is 7.05 Å². The fourth-order valence-electron chi connectivity index (χ4n) is 3.18. The fraction of sp³-hybridized carbons (Fsp3) is 0.619. The molecule has 0 bridgehead atoms. The minimum atomic E-state index is 0.216. The van der Waals surface area contributed by atoms with Crippen molar-refractivity contribution in [2.45, 2.75) is 65.0 Å². The van der Waals surface area contributed by atoms with Gasteiger partial charge in [-0.1, -0.05) is 52.0 Å². The van der Waals surface area contributed by atoms with Crippen molar-refractivity contribution in [3.8, 4) is 0 Å². The summed E-state index contributed by atoms with van der Waals surface area (Å²) >= 11 is 0. The lowest BCUT2D eigenvalue weighted by Crippen LogP contribution is -2.44. The van der Waals surface area contributed by atoms with Gasteiger partial charge in [0.2, 0.25) is 5.91 Å². The van der Waals surface area contributed by atoms with Gasteiger partial charge >= 0.3 is 0 Å². The van der Waals surface area contributed by atoms with Crippen molar-refractivity contribution in [2.24, 2.45) is 4.99 Å². The zero-order valence-electron chi connectivity index (χ0n) is 16.9. The Balaban J connectivity index is 1.85. The maximum absolute atomic E-state index is 11.8. The Kier molecular flexibility index (Phi) is 7.06. The molecule has 0 saturated carbocycles. The van der Waals surface area contributed by atoms with E-state index in [1.165, 1.54) is 11.1 Å². The first-order valence-corrected chi connectivity index (χ1v) is 9.74. The maximum atomic E-state index is 11.8. The number of hydrogen-bond donors (Lipinski definition) is 2. The molecule has 1 amide bonds. The summed E-state index contributed by atoms with van der Waals surface area (Å²) in [5.74, 6) is 1.02. The van der Waals surface area contributed by atoms with Crippen molar-refractivity contribution in [1.29, 1.82) is 0 Å². The van der Waals surface area contributed by atoms with E-state index in [2.05, 4.69) is 60.7 Å². The number of nitrogens with one attached hydrogen (secondary N) is 2. The van der Waals surface area contributed by atoms with Crippen molar-refractivity contribution >= 4 is 11.9 Å². The van der Waals surface area contributed by atoms with E-state index >= 15 is 0 Å². The third-order valence-electron chi connectivity index (χ3n) is 5.49. The molecule has 0 radical (unpaired) electrons. The number of benzene rings is 1. The molecular weight excluding hydrogens is 324 g/mol. The number of aliphatic imine (C=N–C) groups is 1. The number of amides is 1. The topological polar surface area (TPSA) is 56.7 Å². The highest BCUT2D eigenvalue weighted by Gasteiger charge is 2.25. The van der Waals surface area contributed by atoms with Crippen LogP contribution in [0.15, 0.2) is 29.3 Å². The van der Waals surface area contributed by atoms with Crippen LogP contribution in [0.1, 0.15) is 58.1 Å². The van der Waals surface area contributed by atoms with E-state index in [-0.39, 0.29) is 17.4 Å². The van der Waals surface area contributed by atoms with Crippen molar-refractivity contribution in [3.63, 3.8) is 0 Å². The molecule has 1 aromatic carbocycles. The summed E-state index contributed by atoms with van der Waals surface area (Å²) in [6, 6.07) is 9.09. The van der Waals surface area contributed by atoms with Gasteiger partial charge in [0.05, 0.1) is 0 Å². The average molecular weight is 359 g/mol. The lowest BCUT2D eigenvalue weighted by molar-refractivity contribution is -0.129. The smallest absolute Gasteiger partial charge is 0.222 e. The molecule has 1 aliphatic rings. The molecule has 0 aromatic heterocycles. The van der Waals surface area contributed by atoms with Gasteiger partial charge in [-0.25, -0.2) is 0 Å². The lowest BCUT2D eigenvalue weighted by atomic mass is 9.82. The van der Waals surface area contributed by atoms with Crippen molar-refractivity contribution < 1.29 is 4.79 Å². The van der Waals surface area contributed by atoms with Crippen molar-refractivity contribution in [2.75, 3.05) is 20.1 Å². The number of nitrogens with zero attached hydrogens (tertiary/aromatic N) is 2. The van der Waals surface area contributed by atoms with Crippen molar-refractivity contribution in [3.05, 3.63) is 35.4 Å². The summed E-state index contributed by atoms with van der Waals surface area (Å²) in [4.78, 5) is 18.0. The van der Waals surface area contributed by atoms with E-state index in [9.17, 15) is 4.79 Å². The van der Waals surface area contributed by atoms with Crippen LogP contribution in [0.3, 0.4) is 0 Å². The average Bonchev–Trinajstić information content (AvgIpc) is 3.13. The van der Waals surface area contributed by atoms with E-state index in [4.69, 9.17) is 0 Å². The number of rotatable bonds is 6. The molecule has 1 aromatic rings. The molecule has 1 saturated heterocycles. The molecule has 0 spiro atoms.